The summed E-state index contributed by atoms with van der Waals surface area (Å²) in [5.74, 6) is -0.781. The smallest absolute Gasteiger partial charge is 0.227 e. The Balaban J connectivity index is 1.58. The summed E-state index contributed by atoms with van der Waals surface area (Å²) < 4.78 is 0. The molecule has 1 aromatic rings. The highest BCUT2D eigenvalue weighted by Crippen LogP contribution is 2.23. The number of nitrogens with zero attached hydrogens (tertiary/aromatic N) is 1. The number of thiophene rings is 1. The molecule has 1 aliphatic heterocycles. The van der Waals surface area contributed by atoms with Gasteiger partial charge < -0.3 is 15.3 Å². The van der Waals surface area contributed by atoms with E-state index in [-0.39, 0.29) is 36.6 Å². The number of Topliss-reactive ketones (excluding diaryl/α,β-unsaturated/α-hetero) is 1. The van der Waals surface area contributed by atoms with Gasteiger partial charge in [0.2, 0.25) is 11.8 Å². The molecule has 1 saturated heterocycles. The maximum absolute atomic E-state index is 12.5. The van der Waals surface area contributed by atoms with Gasteiger partial charge in [-0.1, -0.05) is 0 Å². The van der Waals surface area contributed by atoms with Crippen LogP contribution in [0.3, 0.4) is 0 Å². The summed E-state index contributed by atoms with van der Waals surface area (Å²) in [6.45, 7) is 2.22. The van der Waals surface area contributed by atoms with Crippen LogP contribution in [0.25, 0.3) is 0 Å². The fourth-order valence-corrected chi connectivity index (χ4v) is 4.04. The first-order valence-corrected chi connectivity index (χ1v) is 9.66. The molecule has 2 N–H and O–H groups in total. The molecule has 2 heterocycles. The minimum atomic E-state index is -0.699. The van der Waals surface area contributed by atoms with E-state index in [1.807, 2.05) is 5.38 Å². The molecule has 1 aliphatic carbocycles. The molecule has 0 aromatic carbocycles. The highest BCUT2D eigenvalue weighted by atomic mass is 32.1. The number of ketones is 1. The summed E-state index contributed by atoms with van der Waals surface area (Å²) in [6, 6.07) is 1.98. The second kappa shape index (κ2) is 7.66. The predicted octanol–water partition coefficient (Wildman–Crippen LogP) is 1.37. The minimum absolute atomic E-state index is 0.00229. The maximum atomic E-state index is 12.5. The molecule has 0 radical (unpaired) electrons. The number of piperidine rings is 1. The Hall–Kier alpha value is -1.73. The van der Waals surface area contributed by atoms with Crippen LogP contribution in [0.4, 0.5) is 0 Å². The van der Waals surface area contributed by atoms with Crippen molar-refractivity contribution < 1.29 is 19.5 Å². The van der Waals surface area contributed by atoms with Gasteiger partial charge in [-0.3, -0.25) is 14.4 Å². The molecule has 2 atom stereocenters. The summed E-state index contributed by atoms with van der Waals surface area (Å²) in [5.41, 5.74) is 0.821. The third kappa shape index (κ3) is 4.27. The van der Waals surface area contributed by atoms with Crippen molar-refractivity contribution in [2.24, 2.45) is 5.92 Å². The molecular weight excluding hydrogens is 340 g/mol. The van der Waals surface area contributed by atoms with Crippen LogP contribution in [0, 0.1) is 5.92 Å². The summed E-state index contributed by atoms with van der Waals surface area (Å²) in [6.07, 6.45) is 3.05. The Morgan fingerprint density at radius 1 is 1.32 bits per heavy atom. The van der Waals surface area contributed by atoms with Crippen LogP contribution < -0.4 is 5.32 Å². The highest BCUT2D eigenvalue weighted by molar-refractivity contribution is 7.12. The number of hydrogen-bond acceptors (Lipinski definition) is 5. The van der Waals surface area contributed by atoms with Crippen molar-refractivity contribution in [3.05, 3.63) is 21.9 Å². The summed E-state index contributed by atoms with van der Waals surface area (Å²) in [5, 5.41) is 15.0. The average Bonchev–Trinajstić information content (AvgIpc) is 2.99. The van der Waals surface area contributed by atoms with Gasteiger partial charge >= 0.3 is 0 Å². The van der Waals surface area contributed by atoms with Gasteiger partial charge in [0, 0.05) is 19.1 Å². The first-order valence-electron chi connectivity index (χ1n) is 8.78. The van der Waals surface area contributed by atoms with Gasteiger partial charge in [0.25, 0.3) is 0 Å². The van der Waals surface area contributed by atoms with Crippen LogP contribution in [0.1, 0.15) is 47.8 Å². The third-order valence-corrected chi connectivity index (χ3v) is 6.15. The van der Waals surface area contributed by atoms with E-state index in [1.54, 1.807) is 11.0 Å². The van der Waals surface area contributed by atoms with Crippen molar-refractivity contribution in [3.63, 3.8) is 0 Å². The quantitative estimate of drug-likeness (QED) is 0.773. The van der Waals surface area contributed by atoms with Crippen molar-refractivity contribution in [2.45, 2.75) is 51.2 Å². The second-order valence-corrected chi connectivity index (χ2v) is 7.90. The molecule has 2 fully saturated rings. The van der Waals surface area contributed by atoms with Gasteiger partial charge in [-0.25, -0.2) is 0 Å². The zero-order chi connectivity index (χ0) is 18.0. The Kier molecular flexibility index (Phi) is 5.54. The number of nitrogens with one attached hydrogen (secondary N) is 1. The number of rotatable bonds is 5. The standard InChI is InChI=1S/C18H24N2O4S/c1-11(21)16-7-12(10-25-16)8-17(23)20-6-5-15(22)14(9-20)18(24)19-13-3-2-4-13/h7,10,13-15,22H,2-6,8-9H2,1H3,(H,19,24)/t14-,15+/m0/s1. The molecule has 136 valence electrons. The monoisotopic (exact) mass is 364 g/mol. The molecular formula is C18H24N2O4S. The van der Waals surface area contributed by atoms with Gasteiger partial charge in [0.15, 0.2) is 5.78 Å². The van der Waals surface area contributed by atoms with E-state index >= 15 is 0 Å². The Morgan fingerprint density at radius 3 is 2.68 bits per heavy atom. The van der Waals surface area contributed by atoms with E-state index < -0.39 is 12.0 Å². The fourth-order valence-electron chi connectivity index (χ4n) is 3.22. The molecule has 6 nitrogen and oxygen atoms in total. The lowest BCUT2D eigenvalue weighted by Gasteiger charge is -2.37. The van der Waals surface area contributed by atoms with Crippen molar-refractivity contribution in [1.29, 1.82) is 0 Å². The lowest BCUT2D eigenvalue weighted by Crippen LogP contribution is -2.54. The van der Waals surface area contributed by atoms with Crippen LogP contribution in [0.15, 0.2) is 11.4 Å². The van der Waals surface area contributed by atoms with E-state index in [1.165, 1.54) is 18.3 Å². The number of aliphatic hydroxyl groups excluding tert-OH is 1. The number of carbonyl (C=O) groups is 3. The van der Waals surface area contributed by atoms with Gasteiger partial charge in [-0.05, 0) is 49.6 Å². The SMILES string of the molecule is CC(=O)c1cc(CC(=O)N2CC[C@@H](O)[C@@H](C(=O)NC3CCC3)C2)cs1. The predicted molar refractivity (Wildman–Crippen MR) is 94.5 cm³/mol. The molecule has 0 unspecified atom stereocenters. The Morgan fingerprint density at radius 2 is 2.08 bits per heavy atom. The zero-order valence-corrected chi connectivity index (χ0v) is 15.2. The maximum Gasteiger partial charge on any atom is 0.227 e. The summed E-state index contributed by atoms with van der Waals surface area (Å²) >= 11 is 1.34. The molecule has 0 spiro atoms. The lowest BCUT2D eigenvalue weighted by atomic mass is 9.89. The molecule has 1 aromatic heterocycles. The van der Waals surface area contributed by atoms with Gasteiger partial charge in [-0.2, -0.15) is 0 Å². The van der Waals surface area contributed by atoms with Crippen LogP contribution in [0.2, 0.25) is 0 Å². The average molecular weight is 364 g/mol. The Bertz CT molecular complexity index is 668. The number of likely N-dealkylation sites (tertiary alicyclic amines) is 1. The number of hydrogen-bond donors (Lipinski definition) is 2. The van der Waals surface area contributed by atoms with Gasteiger partial charge in [0.1, 0.15) is 0 Å². The largest absolute Gasteiger partial charge is 0.392 e. The fraction of sp³-hybridized carbons (Fsp3) is 0.611. The third-order valence-electron chi connectivity index (χ3n) is 5.07. The zero-order valence-electron chi connectivity index (χ0n) is 14.4. The minimum Gasteiger partial charge on any atom is -0.392 e. The number of carbonyl (C=O) groups excluding carboxylic acids is 3. The van der Waals surface area contributed by atoms with Crippen molar-refractivity contribution >= 4 is 28.9 Å². The number of amides is 2. The van der Waals surface area contributed by atoms with E-state index in [0.717, 1.165) is 24.8 Å². The van der Waals surface area contributed by atoms with E-state index in [9.17, 15) is 19.5 Å². The lowest BCUT2D eigenvalue weighted by molar-refractivity contribution is -0.140. The van der Waals surface area contributed by atoms with Crippen LogP contribution >= 0.6 is 11.3 Å². The van der Waals surface area contributed by atoms with Crippen LogP contribution in [-0.2, 0) is 16.0 Å². The molecule has 2 aliphatic rings. The van der Waals surface area contributed by atoms with Crippen LogP contribution in [-0.4, -0.2) is 52.8 Å². The first-order chi connectivity index (χ1) is 11.9. The van der Waals surface area contributed by atoms with Crippen LogP contribution in [0.5, 0.6) is 0 Å². The second-order valence-electron chi connectivity index (χ2n) is 6.99. The number of aliphatic hydroxyl groups is 1. The van der Waals surface area contributed by atoms with Gasteiger partial charge in [0.05, 0.1) is 23.3 Å². The molecule has 0 bridgehead atoms. The summed E-state index contributed by atoms with van der Waals surface area (Å²) in [4.78, 5) is 38.6. The van der Waals surface area contributed by atoms with Gasteiger partial charge in [-0.15, -0.1) is 11.3 Å². The van der Waals surface area contributed by atoms with E-state index in [2.05, 4.69) is 5.32 Å². The normalized spacial score (nSPS) is 23.8. The Labute approximate surface area is 151 Å². The summed E-state index contributed by atoms with van der Waals surface area (Å²) in [7, 11) is 0. The molecule has 25 heavy (non-hydrogen) atoms. The van der Waals surface area contributed by atoms with Crippen molar-refractivity contribution in [3.8, 4) is 0 Å². The first kappa shape index (κ1) is 18.1. The molecule has 3 rings (SSSR count). The topological polar surface area (TPSA) is 86.7 Å². The van der Waals surface area contributed by atoms with Crippen molar-refractivity contribution in [1.82, 2.24) is 10.2 Å². The molecule has 2 amide bonds. The molecule has 1 saturated carbocycles. The highest BCUT2D eigenvalue weighted by Gasteiger charge is 2.36. The van der Waals surface area contributed by atoms with E-state index in [4.69, 9.17) is 0 Å². The van der Waals surface area contributed by atoms with Crippen molar-refractivity contribution in [2.75, 3.05) is 13.1 Å². The van der Waals surface area contributed by atoms with E-state index in [0.29, 0.717) is 17.8 Å². The molecule has 7 heteroatoms.